The summed E-state index contributed by atoms with van der Waals surface area (Å²) in [5.74, 6) is -0.379. The zero-order valence-corrected chi connectivity index (χ0v) is 8.96. The van der Waals surface area contributed by atoms with Crippen LogP contribution in [0, 0.1) is 0 Å². The fourth-order valence-electron chi connectivity index (χ4n) is 1.17. The Morgan fingerprint density at radius 3 is 2.50 bits per heavy atom. The molecule has 1 N–H and O–H groups in total. The van der Waals surface area contributed by atoms with Gasteiger partial charge in [0.15, 0.2) is 0 Å². The largest absolute Gasteiger partial charge is 0.458 e. The molecule has 2 amide bonds. The van der Waals surface area contributed by atoms with Crippen molar-refractivity contribution >= 4 is 12.0 Å². The molecule has 0 aromatic heterocycles. The molecule has 1 aliphatic heterocycles. The molecule has 0 saturated carbocycles. The quantitative estimate of drug-likeness (QED) is 0.621. The maximum atomic E-state index is 11.5. The minimum atomic E-state index is -0.535. The Morgan fingerprint density at radius 1 is 1.57 bits per heavy atom. The molecule has 0 unspecified atom stereocenters. The molecule has 1 atom stereocenters. The molecule has 14 heavy (non-hydrogen) atoms. The van der Waals surface area contributed by atoms with Crippen LogP contribution in [0.25, 0.3) is 0 Å². The van der Waals surface area contributed by atoms with Gasteiger partial charge in [0, 0.05) is 7.05 Å². The van der Waals surface area contributed by atoms with E-state index in [0.717, 1.165) is 0 Å². The Morgan fingerprint density at radius 2 is 2.14 bits per heavy atom. The third-order valence-corrected chi connectivity index (χ3v) is 1.79. The number of ether oxygens (including phenoxy) is 1. The highest BCUT2D eigenvalue weighted by atomic mass is 16.6. The molecule has 5 heteroatoms. The molecule has 0 bridgehead atoms. The number of amides is 2. The number of rotatable bonds is 1. The van der Waals surface area contributed by atoms with Crippen molar-refractivity contribution in [3.8, 4) is 0 Å². The summed E-state index contributed by atoms with van der Waals surface area (Å²) in [6.45, 7) is 5.76. The number of nitrogens with one attached hydrogen (secondary N) is 1. The first-order valence-corrected chi connectivity index (χ1v) is 4.54. The molecule has 1 fully saturated rings. The van der Waals surface area contributed by atoms with Gasteiger partial charge in [-0.25, -0.2) is 9.59 Å². The van der Waals surface area contributed by atoms with Crippen molar-refractivity contribution in [3.63, 3.8) is 0 Å². The summed E-state index contributed by atoms with van der Waals surface area (Å²) in [5, 5.41) is 2.54. The second-order valence-electron chi connectivity index (χ2n) is 4.42. The van der Waals surface area contributed by atoms with Crippen LogP contribution in [0.15, 0.2) is 0 Å². The van der Waals surface area contributed by atoms with Gasteiger partial charge in [-0.15, -0.1) is 0 Å². The van der Waals surface area contributed by atoms with E-state index in [2.05, 4.69) is 5.32 Å². The lowest BCUT2D eigenvalue weighted by atomic mass is 10.2. The molecular formula is C9H16N2O3. The van der Waals surface area contributed by atoms with Crippen LogP contribution in [0.5, 0.6) is 0 Å². The predicted molar refractivity (Wildman–Crippen MR) is 50.8 cm³/mol. The van der Waals surface area contributed by atoms with Crippen LogP contribution in [0.2, 0.25) is 0 Å². The third kappa shape index (κ3) is 2.61. The van der Waals surface area contributed by atoms with Crippen LogP contribution >= 0.6 is 0 Å². The van der Waals surface area contributed by atoms with Gasteiger partial charge in [-0.2, -0.15) is 0 Å². The van der Waals surface area contributed by atoms with Gasteiger partial charge < -0.3 is 15.0 Å². The number of carbonyl (C=O) groups excluding carboxylic acids is 2. The monoisotopic (exact) mass is 200 g/mol. The molecule has 0 spiro atoms. The van der Waals surface area contributed by atoms with Crippen molar-refractivity contribution in [2.45, 2.75) is 32.4 Å². The Kier molecular flexibility index (Phi) is 2.69. The number of nitrogens with zero attached hydrogens (tertiary/aromatic N) is 1. The molecule has 0 aromatic carbocycles. The van der Waals surface area contributed by atoms with Crippen molar-refractivity contribution < 1.29 is 14.3 Å². The van der Waals surface area contributed by atoms with Crippen molar-refractivity contribution in [3.05, 3.63) is 0 Å². The lowest BCUT2D eigenvalue weighted by molar-refractivity contribution is -0.156. The Hall–Kier alpha value is -1.26. The summed E-state index contributed by atoms with van der Waals surface area (Å²) in [7, 11) is 1.64. The molecular weight excluding hydrogens is 184 g/mol. The summed E-state index contributed by atoms with van der Waals surface area (Å²) in [5.41, 5.74) is -0.511. The van der Waals surface area contributed by atoms with E-state index in [1.807, 2.05) is 0 Å². The van der Waals surface area contributed by atoms with Crippen LogP contribution in [0.4, 0.5) is 4.79 Å². The fourth-order valence-corrected chi connectivity index (χ4v) is 1.17. The second kappa shape index (κ2) is 3.48. The molecule has 0 radical (unpaired) electrons. The first-order chi connectivity index (χ1) is 6.29. The minimum Gasteiger partial charge on any atom is -0.458 e. The van der Waals surface area contributed by atoms with Crippen molar-refractivity contribution in [1.29, 1.82) is 0 Å². The molecule has 5 nitrogen and oxygen atoms in total. The first kappa shape index (κ1) is 10.8. The van der Waals surface area contributed by atoms with Crippen LogP contribution in [-0.4, -0.2) is 42.1 Å². The number of hydrogen-bond donors (Lipinski definition) is 1. The summed E-state index contributed by atoms with van der Waals surface area (Å²) in [6, 6.07) is -0.771. The topological polar surface area (TPSA) is 58.6 Å². The van der Waals surface area contributed by atoms with Crippen LogP contribution in [-0.2, 0) is 9.53 Å². The zero-order valence-electron chi connectivity index (χ0n) is 8.96. The maximum absolute atomic E-state index is 11.5. The number of urea groups is 1. The fraction of sp³-hybridized carbons (Fsp3) is 0.778. The molecule has 1 rings (SSSR count). The van der Waals surface area contributed by atoms with E-state index in [9.17, 15) is 9.59 Å². The number of carbonyl (C=O) groups is 2. The Labute approximate surface area is 83.4 Å². The SMILES string of the molecule is CN1C[C@H](C(=O)OC(C)(C)C)NC1=O. The summed E-state index contributed by atoms with van der Waals surface area (Å²) >= 11 is 0. The predicted octanol–water partition coefficient (Wildman–Crippen LogP) is 0.352. The Balaban J connectivity index is 2.52. The average molecular weight is 200 g/mol. The van der Waals surface area contributed by atoms with Gasteiger partial charge in [0.1, 0.15) is 11.6 Å². The highest BCUT2D eigenvalue weighted by Crippen LogP contribution is 2.11. The van der Waals surface area contributed by atoms with Crippen molar-refractivity contribution in [2.75, 3.05) is 13.6 Å². The third-order valence-electron chi connectivity index (χ3n) is 1.79. The number of esters is 1. The lowest BCUT2D eigenvalue weighted by Crippen LogP contribution is -2.39. The van der Waals surface area contributed by atoms with Gasteiger partial charge in [0.05, 0.1) is 6.54 Å². The van der Waals surface area contributed by atoms with Gasteiger partial charge in [0.25, 0.3) is 0 Å². The molecule has 1 aliphatic rings. The first-order valence-electron chi connectivity index (χ1n) is 4.54. The van der Waals surface area contributed by atoms with Gasteiger partial charge in [-0.05, 0) is 20.8 Å². The van der Waals surface area contributed by atoms with E-state index in [1.165, 1.54) is 4.90 Å². The molecule has 80 valence electrons. The second-order valence-corrected chi connectivity index (χ2v) is 4.42. The van der Waals surface area contributed by atoms with Crippen LogP contribution < -0.4 is 5.32 Å². The van der Waals surface area contributed by atoms with Gasteiger partial charge in [-0.3, -0.25) is 0 Å². The summed E-state index contributed by atoms with van der Waals surface area (Å²) in [4.78, 5) is 24.0. The minimum absolute atomic E-state index is 0.235. The molecule has 1 saturated heterocycles. The maximum Gasteiger partial charge on any atom is 0.331 e. The van der Waals surface area contributed by atoms with E-state index in [4.69, 9.17) is 4.74 Å². The van der Waals surface area contributed by atoms with E-state index in [-0.39, 0.29) is 12.0 Å². The van der Waals surface area contributed by atoms with Crippen molar-refractivity contribution in [1.82, 2.24) is 10.2 Å². The normalized spacial score (nSPS) is 22.1. The van der Waals surface area contributed by atoms with Crippen LogP contribution in [0.1, 0.15) is 20.8 Å². The van der Waals surface area contributed by atoms with E-state index >= 15 is 0 Å². The van der Waals surface area contributed by atoms with Gasteiger partial charge in [0.2, 0.25) is 0 Å². The standard InChI is InChI=1S/C9H16N2O3/c1-9(2,3)14-7(12)6-5-11(4)8(13)10-6/h6H,5H2,1-4H3,(H,10,13)/t6-/m1/s1. The smallest absolute Gasteiger partial charge is 0.331 e. The summed E-state index contributed by atoms with van der Waals surface area (Å²) < 4.78 is 5.14. The zero-order chi connectivity index (χ0) is 10.9. The van der Waals surface area contributed by atoms with E-state index < -0.39 is 11.6 Å². The Bertz CT molecular complexity index is 257. The summed E-state index contributed by atoms with van der Waals surface area (Å²) in [6.07, 6.45) is 0. The number of hydrogen-bond acceptors (Lipinski definition) is 3. The van der Waals surface area contributed by atoms with Crippen LogP contribution in [0.3, 0.4) is 0 Å². The highest BCUT2D eigenvalue weighted by molar-refractivity contribution is 5.87. The molecule has 0 aliphatic carbocycles. The number of likely N-dealkylation sites (N-methyl/N-ethyl adjacent to an activating group) is 1. The van der Waals surface area contributed by atoms with E-state index in [0.29, 0.717) is 6.54 Å². The van der Waals surface area contributed by atoms with Crippen molar-refractivity contribution in [2.24, 2.45) is 0 Å². The lowest BCUT2D eigenvalue weighted by Gasteiger charge is -2.21. The van der Waals surface area contributed by atoms with Gasteiger partial charge in [-0.1, -0.05) is 0 Å². The molecule has 0 aromatic rings. The molecule has 1 heterocycles. The average Bonchev–Trinajstić information content (AvgIpc) is 2.28. The highest BCUT2D eigenvalue weighted by Gasteiger charge is 2.34. The van der Waals surface area contributed by atoms with Gasteiger partial charge >= 0.3 is 12.0 Å². The van der Waals surface area contributed by atoms with E-state index in [1.54, 1.807) is 27.8 Å².